The van der Waals surface area contributed by atoms with Crippen LogP contribution in [0.15, 0.2) is 12.3 Å². The second-order valence-electron chi connectivity index (χ2n) is 3.90. The van der Waals surface area contributed by atoms with Gasteiger partial charge in [-0.15, -0.1) is 0 Å². The molecule has 98 valence electrons. The molecule has 0 aliphatic carbocycles. The predicted molar refractivity (Wildman–Crippen MR) is 70.4 cm³/mol. The van der Waals surface area contributed by atoms with E-state index in [4.69, 9.17) is 5.26 Å². The van der Waals surface area contributed by atoms with Crippen LogP contribution in [0.3, 0.4) is 0 Å². The quantitative estimate of drug-likeness (QED) is 0.489. The van der Waals surface area contributed by atoms with Gasteiger partial charge in [0.25, 0.3) is 5.69 Å². The van der Waals surface area contributed by atoms with Crippen molar-refractivity contribution >= 4 is 11.5 Å². The molecular formula is C12H13N5O2. The van der Waals surface area contributed by atoms with Gasteiger partial charge in [0.1, 0.15) is 23.6 Å². The Bertz CT molecular complexity index is 566. The topological polar surface area (TPSA) is 95.1 Å². The van der Waals surface area contributed by atoms with Gasteiger partial charge in [-0.25, -0.2) is 4.98 Å². The summed E-state index contributed by atoms with van der Waals surface area (Å²) < 4.78 is 0. The molecule has 1 rings (SSSR count). The molecule has 0 fully saturated rings. The van der Waals surface area contributed by atoms with Crippen molar-refractivity contribution in [3.63, 3.8) is 0 Å². The molecule has 0 aliphatic heterocycles. The summed E-state index contributed by atoms with van der Waals surface area (Å²) in [4.78, 5) is 15.7. The first-order valence-electron chi connectivity index (χ1n) is 5.43. The second kappa shape index (κ2) is 6.94. The van der Waals surface area contributed by atoms with Crippen molar-refractivity contribution in [1.29, 1.82) is 5.26 Å². The van der Waals surface area contributed by atoms with Crippen molar-refractivity contribution < 1.29 is 4.92 Å². The number of pyridine rings is 1. The summed E-state index contributed by atoms with van der Waals surface area (Å²) in [7, 11) is 3.82. The molecule has 1 aromatic rings. The van der Waals surface area contributed by atoms with Crippen LogP contribution < -0.4 is 5.32 Å². The molecule has 0 unspecified atom stereocenters. The van der Waals surface area contributed by atoms with E-state index in [0.717, 1.165) is 6.20 Å². The summed E-state index contributed by atoms with van der Waals surface area (Å²) >= 11 is 0. The largest absolute Gasteiger partial charge is 0.358 e. The van der Waals surface area contributed by atoms with Crippen LogP contribution in [-0.4, -0.2) is 42.0 Å². The molecule has 7 heteroatoms. The monoisotopic (exact) mass is 259 g/mol. The van der Waals surface area contributed by atoms with Crippen molar-refractivity contribution in [3.05, 3.63) is 27.9 Å². The third kappa shape index (κ3) is 4.62. The summed E-state index contributed by atoms with van der Waals surface area (Å²) in [5.74, 6) is 6.08. The van der Waals surface area contributed by atoms with E-state index in [1.807, 2.05) is 25.1 Å². The first-order valence-corrected chi connectivity index (χ1v) is 5.43. The van der Waals surface area contributed by atoms with Crippen molar-refractivity contribution in [2.75, 3.05) is 32.5 Å². The van der Waals surface area contributed by atoms with Crippen molar-refractivity contribution in [2.45, 2.75) is 0 Å². The molecule has 0 saturated heterocycles. The number of hydrogen-bond donors (Lipinski definition) is 1. The highest BCUT2D eigenvalue weighted by molar-refractivity contribution is 5.55. The average Bonchev–Trinajstić information content (AvgIpc) is 2.37. The van der Waals surface area contributed by atoms with Gasteiger partial charge in [-0.05, 0) is 14.1 Å². The van der Waals surface area contributed by atoms with Crippen LogP contribution in [-0.2, 0) is 0 Å². The summed E-state index contributed by atoms with van der Waals surface area (Å²) in [6.45, 7) is 0.966. The minimum absolute atomic E-state index is 0.128. The fourth-order valence-electron chi connectivity index (χ4n) is 1.18. The van der Waals surface area contributed by atoms with Crippen LogP contribution in [0.4, 0.5) is 11.5 Å². The van der Waals surface area contributed by atoms with E-state index in [0.29, 0.717) is 18.9 Å². The number of nitrogens with zero attached hydrogens (tertiary/aromatic N) is 4. The molecule has 0 aromatic carbocycles. The molecule has 0 aliphatic rings. The lowest BCUT2D eigenvalue weighted by Gasteiger charge is -2.03. The molecule has 19 heavy (non-hydrogen) atoms. The van der Waals surface area contributed by atoms with Crippen molar-refractivity contribution in [1.82, 2.24) is 9.88 Å². The van der Waals surface area contributed by atoms with Gasteiger partial charge in [0.05, 0.1) is 18.0 Å². The lowest BCUT2D eigenvalue weighted by Crippen LogP contribution is -2.11. The van der Waals surface area contributed by atoms with Crippen LogP contribution in [0.5, 0.6) is 0 Å². The highest BCUT2D eigenvalue weighted by Gasteiger charge is 2.11. The Morgan fingerprint density at radius 3 is 2.84 bits per heavy atom. The Morgan fingerprint density at radius 2 is 2.26 bits per heavy atom. The molecular weight excluding hydrogens is 246 g/mol. The molecule has 0 atom stereocenters. The van der Waals surface area contributed by atoms with Gasteiger partial charge in [0.2, 0.25) is 0 Å². The highest BCUT2D eigenvalue weighted by Crippen LogP contribution is 2.17. The third-order valence-corrected chi connectivity index (χ3v) is 2.07. The van der Waals surface area contributed by atoms with E-state index < -0.39 is 4.92 Å². The number of nitriles is 1. The Morgan fingerprint density at radius 1 is 1.53 bits per heavy atom. The summed E-state index contributed by atoms with van der Waals surface area (Å²) in [6.07, 6.45) is 1.11. The van der Waals surface area contributed by atoms with Crippen LogP contribution in [0.25, 0.3) is 0 Å². The van der Waals surface area contributed by atoms with Gasteiger partial charge in [0.15, 0.2) is 0 Å². The first kappa shape index (κ1) is 14.4. The zero-order valence-electron chi connectivity index (χ0n) is 10.7. The summed E-state index contributed by atoms with van der Waals surface area (Å²) in [6, 6.07) is 3.05. The summed E-state index contributed by atoms with van der Waals surface area (Å²) in [5, 5.41) is 22.3. The van der Waals surface area contributed by atoms with Crippen LogP contribution in [0.2, 0.25) is 0 Å². The van der Waals surface area contributed by atoms with E-state index in [1.54, 1.807) is 0 Å². The molecule has 0 bridgehead atoms. The lowest BCUT2D eigenvalue weighted by atomic mass is 10.2. The van der Waals surface area contributed by atoms with Crippen LogP contribution in [0.1, 0.15) is 5.56 Å². The fourth-order valence-corrected chi connectivity index (χ4v) is 1.18. The average molecular weight is 259 g/mol. The van der Waals surface area contributed by atoms with Gasteiger partial charge < -0.3 is 5.32 Å². The zero-order chi connectivity index (χ0) is 14.3. The minimum atomic E-state index is -0.589. The fraction of sp³-hybridized carbons (Fsp3) is 0.333. The maximum absolute atomic E-state index is 10.6. The van der Waals surface area contributed by atoms with E-state index in [1.165, 1.54) is 6.07 Å². The molecule has 0 saturated carbocycles. The molecule has 1 aromatic heterocycles. The lowest BCUT2D eigenvalue weighted by molar-refractivity contribution is -0.385. The number of nitrogens with one attached hydrogen (secondary N) is 1. The molecule has 1 heterocycles. The molecule has 7 nitrogen and oxygen atoms in total. The van der Waals surface area contributed by atoms with E-state index in [9.17, 15) is 10.1 Å². The van der Waals surface area contributed by atoms with E-state index >= 15 is 0 Å². The smallest absolute Gasteiger partial charge is 0.289 e. The molecule has 0 amide bonds. The van der Waals surface area contributed by atoms with Crippen molar-refractivity contribution in [2.24, 2.45) is 0 Å². The van der Waals surface area contributed by atoms with Gasteiger partial charge >= 0.3 is 0 Å². The SMILES string of the molecule is CN(C)CC#CCNc1ncc([N+](=O)[O-])cc1C#N. The van der Waals surface area contributed by atoms with Gasteiger partial charge in [0, 0.05) is 6.07 Å². The van der Waals surface area contributed by atoms with Crippen LogP contribution >= 0.6 is 0 Å². The molecule has 0 spiro atoms. The number of nitro groups is 1. The summed E-state index contributed by atoms with van der Waals surface area (Å²) in [5.41, 5.74) is -0.0793. The normalized spacial score (nSPS) is 9.37. The van der Waals surface area contributed by atoms with E-state index in [2.05, 4.69) is 22.1 Å². The Balaban J connectivity index is 2.71. The first-order chi connectivity index (χ1) is 9.04. The Kier molecular flexibility index (Phi) is 5.27. The van der Waals surface area contributed by atoms with Crippen molar-refractivity contribution in [3.8, 4) is 17.9 Å². The maximum atomic E-state index is 10.6. The third-order valence-electron chi connectivity index (χ3n) is 2.07. The van der Waals surface area contributed by atoms with E-state index in [-0.39, 0.29) is 11.3 Å². The number of anilines is 1. The maximum Gasteiger partial charge on any atom is 0.289 e. The second-order valence-corrected chi connectivity index (χ2v) is 3.90. The number of rotatable bonds is 4. The standard InChI is InChI=1S/C12H13N5O2/c1-16(2)6-4-3-5-14-12-10(8-13)7-11(9-15-12)17(18)19/h7,9H,5-6H2,1-2H3,(H,14,15). The van der Waals surface area contributed by atoms with Crippen LogP contribution in [0, 0.1) is 33.3 Å². The van der Waals surface area contributed by atoms with Gasteiger partial charge in [-0.2, -0.15) is 5.26 Å². The Labute approximate surface area is 111 Å². The highest BCUT2D eigenvalue weighted by atomic mass is 16.6. The zero-order valence-corrected chi connectivity index (χ0v) is 10.7. The number of hydrogen-bond acceptors (Lipinski definition) is 6. The number of aromatic nitrogens is 1. The van der Waals surface area contributed by atoms with Gasteiger partial charge in [-0.3, -0.25) is 15.0 Å². The molecule has 0 radical (unpaired) electrons. The predicted octanol–water partition coefficient (Wildman–Crippen LogP) is 0.838. The minimum Gasteiger partial charge on any atom is -0.358 e. The molecule has 1 N–H and O–H groups in total. The van der Waals surface area contributed by atoms with Gasteiger partial charge in [-0.1, -0.05) is 11.8 Å². The Hall–Kier alpha value is -2.64.